The fraction of sp³-hybridized carbons (Fsp3) is 0.333. The second kappa shape index (κ2) is 12.0. The number of imidazole rings is 1. The quantitative estimate of drug-likeness (QED) is 0.155. The molecule has 1 unspecified atom stereocenters. The Bertz CT molecular complexity index is 1480. The van der Waals surface area contributed by atoms with Crippen LogP contribution in [-0.2, 0) is 6.18 Å². The van der Waals surface area contributed by atoms with E-state index >= 15 is 0 Å². The molecule has 2 atom stereocenters. The summed E-state index contributed by atoms with van der Waals surface area (Å²) in [5.41, 5.74) is -0.877. The van der Waals surface area contributed by atoms with Gasteiger partial charge in [0.15, 0.2) is 11.4 Å². The predicted octanol–water partition coefficient (Wildman–Crippen LogP) is 7.09. The van der Waals surface area contributed by atoms with Crippen LogP contribution in [0.1, 0.15) is 66.4 Å². The summed E-state index contributed by atoms with van der Waals surface area (Å²) in [5, 5.41) is 4.23. The zero-order valence-corrected chi connectivity index (χ0v) is 22.5. The van der Waals surface area contributed by atoms with Gasteiger partial charge in [0.05, 0.1) is 11.9 Å². The van der Waals surface area contributed by atoms with Gasteiger partial charge in [-0.2, -0.15) is 18.3 Å². The summed E-state index contributed by atoms with van der Waals surface area (Å²) < 4.78 is 56.3. The molecule has 0 saturated carbocycles. The highest BCUT2D eigenvalue weighted by Crippen LogP contribution is 2.35. The molecule has 0 spiro atoms. The van der Waals surface area contributed by atoms with E-state index in [0.29, 0.717) is 24.9 Å². The molecule has 4 rings (SSSR count). The van der Waals surface area contributed by atoms with Gasteiger partial charge in [-0.1, -0.05) is 32.0 Å². The fourth-order valence-corrected chi connectivity index (χ4v) is 4.78. The van der Waals surface area contributed by atoms with E-state index in [1.165, 1.54) is 18.3 Å². The van der Waals surface area contributed by atoms with Crippen LogP contribution in [0, 0.1) is 11.7 Å². The number of rotatable bonds is 10. The average Bonchev–Trinajstić information content (AvgIpc) is 3.37. The van der Waals surface area contributed by atoms with Crippen molar-refractivity contribution in [3.8, 4) is 11.3 Å². The summed E-state index contributed by atoms with van der Waals surface area (Å²) in [6, 6.07) is 14.4. The van der Waals surface area contributed by atoms with E-state index in [2.05, 4.69) is 10.1 Å². The summed E-state index contributed by atoms with van der Waals surface area (Å²) >= 11 is 0. The molecule has 2 heterocycles. The highest BCUT2D eigenvalue weighted by molar-refractivity contribution is 5.97. The summed E-state index contributed by atoms with van der Waals surface area (Å²) in [6.45, 7) is 6.15. The Labute approximate surface area is 229 Å². The summed E-state index contributed by atoms with van der Waals surface area (Å²) in [5.74, 6) is -1.66. The number of halogens is 4. The molecule has 6 nitrogen and oxygen atoms in total. The van der Waals surface area contributed by atoms with E-state index in [1.807, 2.05) is 26.8 Å². The maximum Gasteiger partial charge on any atom is 0.420 e. The number of hydrogen-bond acceptors (Lipinski definition) is 4. The molecule has 0 N–H and O–H groups in total. The lowest BCUT2D eigenvalue weighted by Gasteiger charge is -2.31. The second-order valence-corrected chi connectivity index (χ2v) is 9.76. The van der Waals surface area contributed by atoms with E-state index in [-0.39, 0.29) is 28.9 Å². The lowest BCUT2D eigenvalue weighted by atomic mass is 9.91. The molecular weight excluding hydrogens is 524 g/mol. The molecule has 40 heavy (non-hydrogen) atoms. The third kappa shape index (κ3) is 6.21. The van der Waals surface area contributed by atoms with Gasteiger partial charge in [-0.15, -0.1) is 0 Å². The lowest BCUT2D eigenvalue weighted by molar-refractivity contribution is -0.136. The van der Waals surface area contributed by atoms with Crippen LogP contribution in [0.5, 0.6) is 0 Å². The van der Waals surface area contributed by atoms with Crippen molar-refractivity contribution in [2.45, 2.75) is 52.3 Å². The maximum absolute atomic E-state index is 14.0. The van der Waals surface area contributed by atoms with E-state index in [4.69, 9.17) is 0 Å². The number of nitrogens with zero attached hydrogens (tertiary/aromatic N) is 4. The molecule has 0 aliphatic carbocycles. The fourth-order valence-electron chi connectivity index (χ4n) is 4.78. The minimum Gasteiger partial charge on any atom is -0.336 e. The first-order valence-corrected chi connectivity index (χ1v) is 13.2. The molecular formula is C30H30F4N4O2. The van der Waals surface area contributed by atoms with Crippen LogP contribution >= 0.6 is 0 Å². The van der Waals surface area contributed by atoms with Gasteiger partial charge in [0.25, 0.3) is 5.91 Å². The molecule has 0 saturated heterocycles. The Kier molecular flexibility index (Phi) is 8.66. The van der Waals surface area contributed by atoms with Gasteiger partial charge in [-0.3, -0.25) is 9.59 Å². The number of amides is 1. The van der Waals surface area contributed by atoms with E-state index in [0.717, 1.165) is 29.1 Å². The Balaban J connectivity index is 1.64. The minimum absolute atomic E-state index is 0.0356. The van der Waals surface area contributed by atoms with Gasteiger partial charge >= 0.3 is 6.18 Å². The van der Waals surface area contributed by atoms with Gasteiger partial charge in [-0.05, 0) is 68.7 Å². The minimum atomic E-state index is -4.76. The largest absolute Gasteiger partial charge is 0.420 e. The number of alkyl halides is 3. The number of aromatic nitrogens is 3. The average molecular weight is 555 g/mol. The van der Waals surface area contributed by atoms with E-state index in [9.17, 15) is 27.2 Å². The molecule has 0 aliphatic rings. The Morgan fingerprint density at radius 1 is 1.02 bits per heavy atom. The first-order valence-electron chi connectivity index (χ1n) is 13.2. The van der Waals surface area contributed by atoms with Gasteiger partial charge in [-0.25, -0.2) is 13.9 Å². The Morgan fingerprint density at radius 3 is 2.30 bits per heavy atom. The zero-order valence-electron chi connectivity index (χ0n) is 22.5. The van der Waals surface area contributed by atoms with Crippen LogP contribution in [0.3, 0.4) is 0 Å². The van der Waals surface area contributed by atoms with Crippen molar-refractivity contribution in [1.29, 1.82) is 0 Å². The van der Waals surface area contributed by atoms with Gasteiger partial charge in [0.2, 0.25) is 0 Å². The third-order valence-electron chi connectivity index (χ3n) is 6.89. The van der Waals surface area contributed by atoms with Crippen molar-refractivity contribution in [2.75, 3.05) is 6.54 Å². The zero-order chi connectivity index (χ0) is 29.0. The molecule has 2 aromatic heterocycles. The van der Waals surface area contributed by atoms with Crippen LogP contribution in [0.2, 0.25) is 0 Å². The molecule has 0 aliphatic heterocycles. The van der Waals surface area contributed by atoms with Gasteiger partial charge < -0.3 is 4.90 Å². The molecule has 4 aromatic rings. The van der Waals surface area contributed by atoms with E-state index < -0.39 is 34.9 Å². The summed E-state index contributed by atoms with van der Waals surface area (Å²) in [4.78, 5) is 32.5. The number of hydrogen-bond donors (Lipinski definition) is 0. The first-order chi connectivity index (χ1) is 19.0. The molecule has 1 amide bonds. The van der Waals surface area contributed by atoms with Crippen molar-refractivity contribution >= 4 is 17.3 Å². The molecule has 2 aromatic carbocycles. The van der Waals surface area contributed by atoms with Crippen LogP contribution in [0.25, 0.3) is 16.9 Å². The molecule has 210 valence electrons. The molecule has 10 heteroatoms. The van der Waals surface area contributed by atoms with Gasteiger partial charge in [0.1, 0.15) is 17.1 Å². The monoisotopic (exact) mass is 554 g/mol. The Morgan fingerprint density at radius 2 is 1.70 bits per heavy atom. The van der Waals surface area contributed by atoms with Crippen LogP contribution < -0.4 is 0 Å². The number of ketones is 1. The Hall–Kier alpha value is -4.08. The normalized spacial score (nSPS) is 13.3. The summed E-state index contributed by atoms with van der Waals surface area (Å²) in [6.07, 6.45) is -2.10. The SMILES string of the molecule is CCCN(C(=O)c1ccccc1)[C@@H](C)CC(CC)C(=O)c1cn2nc(-c3ccc(F)cc3)cc(C(F)(F)F)c2n1. The standard InChI is InChI=1S/C30H30F4N4O2/c1-4-15-37(29(40)22-9-7-6-8-10-22)19(3)16-20(5-2)27(39)26-18-38-28(35-26)24(30(32,33)34)17-25(36-38)21-11-13-23(31)14-12-21/h6-14,17-20H,4-5,15-16H2,1-3H3/t19-,20?/m0/s1. The van der Waals surface area contributed by atoms with E-state index in [1.54, 1.807) is 29.2 Å². The number of benzene rings is 2. The number of fused-ring (bicyclic) bond motifs is 1. The highest BCUT2D eigenvalue weighted by Gasteiger charge is 2.36. The van der Waals surface area contributed by atoms with Crippen molar-refractivity contribution in [3.63, 3.8) is 0 Å². The predicted molar refractivity (Wildman–Crippen MR) is 143 cm³/mol. The topological polar surface area (TPSA) is 67.6 Å². The van der Waals surface area contributed by atoms with Crippen LogP contribution in [0.15, 0.2) is 66.9 Å². The molecule has 0 fully saturated rings. The third-order valence-corrected chi connectivity index (χ3v) is 6.89. The number of carbonyl (C=O) groups excluding carboxylic acids is 2. The smallest absolute Gasteiger partial charge is 0.336 e. The van der Waals surface area contributed by atoms with Crippen molar-refractivity contribution in [3.05, 3.63) is 89.5 Å². The van der Waals surface area contributed by atoms with Crippen molar-refractivity contribution in [2.24, 2.45) is 5.92 Å². The second-order valence-electron chi connectivity index (χ2n) is 9.76. The highest BCUT2D eigenvalue weighted by atomic mass is 19.4. The lowest BCUT2D eigenvalue weighted by Crippen LogP contribution is -2.41. The summed E-state index contributed by atoms with van der Waals surface area (Å²) in [7, 11) is 0. The van der Waals surface area contributed by atoms with Crippen molar-refractivity contribution < 1.29 is 27.2 Å². The van der Waals surface area contributed by atoms with Gasteiger partial charge in [0, 0.05) is 29.6 Å². The molecule has 0 bridgehead atoms. The number of carbonyl (C=O) groups is 2. The molecule has 0 radical (unpaired) electrons. The van der Waals surface area contributed by atoms with Crippen LogP contribution in [0.4, 0.5) is 17.6 Å². The van der Waals surface area contributed by atoms with Crippen molar-refractivity contribution in [1.82, 2.24) is 19.5 Å². The maximum atomic E-state index is 14.0. The first kappa shape index (κ1) is 28.9. The number of Topliss-reactive ketones (excluding diaryl/α,β-unsaturated/α-hetero) is 1. The van der Waals surface area contributed by atoms with Crippen LogP contribution in [-0.4, -0.2) is 43.8 Å².